The molecule has 0 fully saturated rings. The van der Waals surface area contributed by atoms with Crippen LogP contribution in [0.2, 0.25) is 0 Å². The Bertz CT molecular complexity index is 1470. The quantitative estimate of drug-likeness (QED) is 0.0670. The molecule has 2 rings (SSSR count). The molecule has 0 aliphatic carbocycles. The summed E-state index contributed by atoms with van der Waals surface area (Å²) in [7, 11) is 0. The zero-order chi connectivity index (χ0) is 35.8. The molecule has 0 unspecified atom stereocenters. The maximum absolute atomic E-state index is 13.0. The molecule has 2 aromatic rings. The molecule has 0 aliphatic heterocycles. The number of thioether (sulfide) groups is 1. The van der Waals surface area contributed by atoms with Crippen LogP contribution in [0, 0.1) is 20.2 Å². The van der Waals surface area contributed by atoms with Gasteiger partial charge in [0, 0.05) is 18.2 Å². The molecule has 0 heterocycles. The highest BCUT2D eigenvalue weighted by atomic mass is 32.2. The number of carbonyl (C=O) groups is 5. The van der Waals surface area contributed by atoms with E-state index in [1.807, 2.05) is 0 Å². The molecule has 3 amide bonds. The van der Waals surface area contributed by atoms with Crippen LogP contribution in [-0.2, 0) is 40.0 Å². The number of nitrogens with one attached hydrogen (secondary N) is 3. The van der Waals surface area contributed by atoms with Gasteiger partial charge in [-0.05, 0) is 45.7 Å². The van der Waals surface area contributed by atoms with E-state index < -0.39 is 88.3 Å². The number of nitrogens with zero attached hydrogens (tertiary/aromatic N) is 2. The third kappa shape index (κ3) is 14.0. The minimum absolute atomic E-state index is 0.0217. The average Bonchev–Trinajstić information content (AvgIpc) is 3.02. The number of ether oxygens (including phenoxy) is 3. The number of hydrogen-bond acceptors (Lipinski definition) is 13. The molecule has 260 valence electrons. The van der Waals surface area contributed by atoms with E-state index in [9.17, 15) is 44.2 Å². The highest BCUT2D eigenvalue weighted by molar-refractivity contribution is 7.99. The summed E-state index contributed by atoms with van der Waals surface area (Å²) in [5.41, 5.74) is -0.399. The normalized spacial score (nSPS) is 12.0. The van der Waals surface area contributed by atoms with Gasteiger partial charge in [-0.15, -0.1) is 11.8 Å². The first-order valence-corrected chi connectivity index (χ1v) is 15.6. The smallest absolute Gasteiger partial charge is 0.408 e. The van der Waals surface area contributed by atoms with Crippen LogP contribution in [0.15, 0.2) is 53.4 Å². The van der Waals surface area contributed by atoms with Crippen LogP contribution in [0.4, 0.5) is 16.2 Å². The van der Waals surface area contributed by atoms with Crippen molar-refractivity contribution in [2.45, 2.75) is 76.3 Å². The van der Waals surface area contributed by atoms with Gasteiger partial charge in [-0.25, -0.2) is 9.59 Å². The van der Waals surface area contributed by atoms with Gasteiger partial charge >= 0.3 is 18.0 Å². The van der Waals surface area contributed by atoms with Crippen molar-refractivity contribution in [1.29, 1.82) is 0 Å². The van der Waals surface area contributed by atoms with E-state index in [1.165, 1.54) is 0 Å². The van der Waals surface area contributed by atoms with Crippen LogP contribution in [0.5, 0.6) is 0 Å². The summed E-state index contributed by atoms with van der Waals surface area (Å²) < 4.78 is 15.4. The second-order valence-electron chi connectivity index (χ2n) is 10.6. The van der Waals surface area contributed by atoms with Gasteiger partial charge in [-0.3, -0.25) is 34.6 Å². The molecule has 2 aromatic carbocycles. The summed E-state index contributed by atoms with van der Waals surface area (Å²) >= 11 is 0.764. The number of alkyl carbamates (subject to hydrolysis) is 1. The van der Waals surface area contributed by atoms with E-state index in [0.717, 1.165) is 30.0 Å². The fourth-order valence-corrected chi connectivity index (χ4v) is 4.87. The number of esters is 2. The fourth-order valence-electron chi connectivity index (χ4n) is 3.84. The number of carbonyl (C=O) groups excluding carboxylic acids is 5. The molecule has 0 radical (unpaired) electrons. The zero-order valence-corrected chi connectivity index (χ0v) is 27.5. The Hall–Kier alpha value is -5.26. The number of nitro groups is 2. The van der Waals surface area contributed by atoms with Crippen LogP contribution >= 0.6 is 11.8 Å². The van der Waals surface area contributed by atoms with E-state index in [4.69, 9.17) is 14.2 Å². The topological polar surface area (TPSA) is 235 Å². The molecule has 3 N–H and O–H groups in total. The highest BCUT2D eigenvalue weighted by Gasteiger charge is 2.28. The van der Waals surface area contributed by atoms with Crippen molar-refractivity contribution < 1.29 is 48.0 Å². The van der Waals surface area contributed by atoms with Crippen LogP contribution in [0.1, 0.15) is 46.1 Å². The monoisotopic (exact) mass is 691 g/mol. The molecular weight excluding hydrogens is 654 g/mol. The molecule has 0 bridgehead atoms. The van der Waals surface area contributed by atoms with Gasteiger partial charge < -0.3 is 30.2 Å². The Morgan fingerprint density at radius 1 is 0.854 bits per heavy atom. The van der Waals surface area contributed by atoms with Crippen molar-refractivity contribution in [2.24, 2.45) is 0 Å². The van der Waals surface area contributed by atoms with Gasteiger partial charge in [0.25, 0.3) is 11.4 Å². The second kappa shape index (κ2) is 19.4. The number of amides is 3. The van der Waals surface area contributed by atoms with Crippen LogP contribution in [-0.4, -0.2) is 76.3 Å². The number of rotatable bonds is 18. The van der Waals surface area contributed by atoms with Gasteiger partial charge in [0.2, 0.25) is 11.8 Å². The van der Waals surface area contributed by atoms with E-state index in [-0.39, 0.29) is 23.7 Å². The van der Waals surface area contributed by atoms with Crippen molar-refractivity contribution in [2.75, 3.05) is 12.3 Å². The summed E-state index contributed by atoms with van der Waals surface area (Å²) in [6.07, 6.45) is -2.57. The fraction of sp³-hybridized carbons (Fsp3) is 0.433. The van der Waals surface area contributed by atoms with Crippen LogP contribution < -0.4 is 16.0 Å². The van der Waals surface area contributed by atoms with Crippen molar-refractivity contribution in [1.82, 2.24) is 16.0 Å². The lowest BCUT2D eigenvalue weighted by atomic mass is 10.1. The Balaban J connectivity index is 2.15. The number of non-ortho nitro benzene ring substituents is 1. The Morgan fingerprint density at radius 3 is 2.12 bits per heavy atom. The third-order valence-electron chi connectivity index (χ3n) is 5.98. The summed E-state index contributed by atoms with van der Waals surface area (Å²) in [4.78, 5) is 84.2. The summed E-state index contributed by atoms with van der Waals surface area (Å²) in [6, 6.07) is 9.09. The van der Waals surface area contributed by atoms with Crippen molar-refractivity contribution in [3.05, 3.63) is 74.3 Å². The third-order valence-corrected chi connectivity index (χ3v) is 7.14. The minimum Gasteiger partial charge on any atom is -0.462 e. The van der Waals surface area contributed by atoms with Crippen molar-refractivity contribution in [3.8, 4) is 0 Å². The van der Waals surface area contributed by atoms with Gasteiger partial charge in [0.1, 0.15) is 25.2 Å². The average molecular weight is 692 g/mol. The predicted molar refractivity (Wildman–Crippen MR) is 171 cm³/mol. The SMILES string of the molecule is CC(C)OC(=O)CNC(=O)[C@H](CSc1ccc([N+](=O)[O-])cc1[N+](=O)[O-])NC(=O)CC[C@H](NC(=O)OCc1ccccc1)C(=O)OC(C)C. The second-order valence-corrected chi connectivity index (χ2v) is 11.7. The maximum atomic E-state index is 13.0. The Morgan fingerprint density at radius 2 is 1.52 bits per heavy atom. The molecule has 0 saturated carbocycles. The lowest BCUT2D eigenvalue weighted by Crippen LogP contribution is -2.50. The molecule has 17 nitrogen and oxygen atoms in total. The molecule has 48 heavy (non-hydrogen) atoms. The molecule has 2 atom stereocenters. The summed E-state index contributed by atoms with van der Waals surface area (Å²) in [6.45, 7) is 5.80. The number of nitro benzene ring substituents is 2. The van der Waals surface area contributed by atoms with Gasteiger partial charge in [-0.2, -0.15) is 0 Å². The molecule has 18 heteroatoms. The van der Waals surface area contributed by atoms with Crippen LogP contribution in [0.3, 0.4) is 0 Å². The highest BCUT2D eigenvalue weighted by Crippen LogP contribution is 2.32. The predicted octanol–water partition coefficient (Wildman–Crippen LogP) is 3.17. The lowest BCUT2D eigenvalue weighted by Gasteiger charge is -2.21. The molecule has 0 saturated heterocycles. The van der Waals surface area contributed by atoms with Crippen molar-refractivity contribution >= 4 is 53.0 Å². The molecular formula is C30H37N5O12S. The standard InChI is InChI=1S/C30H37N5O12S/c1-18(2)46-27(37)15-31-28(38)23(17-48-25-12-10-21(34(41)42)14-24(25)35(43)44)32-26(36)13-11-22(29(39)47-19(3)4)33-30(40)45-16-20-8-6-5-7-9-20/h5-10,12,14,18-19,22-23H,11,13,15-17H2,1-4H3,(H,31,38)(H,32,36)(H,33,40)/t22-,23-/m0/s1. The minimum atomic E-state index is -1.37. The summed E-state index contributed by atoms with van der Waals surface area (Å²) in [5.74, 6) is -3.45. The lowest BCUT2D eigenvalue weighted by molar-refractivity contribution is -0.396. The molecule has 0 aromatic heterocycles. The van der Waals surface area contributed by atoms with Crippen LogP contribution in [0.25, 0.3) is 0 Å². The van der Waals surface area contributed by atoms with E-state index in [1.54, 1.807) is 58.0 Å². The number of hydrogen-bond donors (Lipinski definition) is 3. The Kier molecular flexibility index (Phi) is 15.7. The van der Waals surface area contributed by atoms with E-state index >= 15 is 0 Å². The Labute approximate surface area is 279 Å². The van der Waals surface area contributed by atoms with E-state index in [2.05, 4.69) is 16.0 Å². The maximum Gasteiger partial charge on any atom is 0.408 e. The first-order valence-electron chi connectivity index (χ1n) is 14.7. The van der Waals surface area contributed by atoms with Gasteiger partial charge in [-0.1, -0.05) is 30.3 Å². The zero-order valence-electron chi connectivity index (χ0n) is 26.7. The molecule has 0 aliphatic rings. The van der Waals surface area contributed by atoms with Crippen molar-refractivity contribution in [3.63, 3.8) is 0 Å². The number of benzene rings is 2. The first-order chi connectivity index (χ1) is 22.7. The molecule has 0 spiro atoms. The van der Waals surface area contributed by atoms with Gasteiger partial charge in [0.05, 0.1) is 33.0 Å². The largest absolute Gasteiger partial charge is 0.462 e. The van der Waals surface area contributed by atoms with E-state index in [0.29, 0.717) is 5.56 Å². The summed E-state index contributed by atoms with van der Waals surface area (Å²) in [5, 5.41) is 29.9. The van der Waals surface area contributed by atoms with Gasteiger partial charge in [0.15, 0.2) is 0 Å². The first kappa shape index (κ1) is 38.9.